The van der Waals surface area contributed by atoms with E-state index in [0.29, 0.717) is 0 Å². The zero-order valence-electron chi connectivity index (χ0n) is 14.9. The molecule has 1 amide bonds. The number of ether oxygens (including phenoxy) is 1. The van der Waals surface area contributed by atoms with Crippen LogP contribution in [0.1, 0.15) is 32.8 Å². The summed E-state index contributed by atoms with van der Waals surface area (Å²) in [7, 11) is -3.97. The Labute approximate surface area is 148 Å². The highest BCUT2D eigenvalue weighted by atomic mass is 32.2. The number of likely N-dealkylation sites (tertiary alicyclic amines) is 1. The lowest BCUT2D eigenvalue weighted by atomic mass is 10.1. The molecule has 1 heterocycles. The molecule has 8 heteroatoms. The van der Waals surface area contributed by atoms with Crippen LogP contribution in [0.5, 0.6) is 0 Å². The summed E-state index contributed by atoms with van der Waals surface area (Å²) in [6.45, 7) is 7.33. The first-order valence-corrected chi connectivity index (χ1v) is 9.55. The lowest BCUT2D eigenvalue weighted by Crippen LogP contribution is -2.51. The molecule has 7 nitrogen and oxygen atoms in total. The normalized spacial score (nSPS) is 21.9. The Kier molecular flexibility index (Phi) is 5.75. The second-order valence-corrected chi connectivity index (χ2v) is 8.76. The van der Waals surface area contributed by atoms with Crippen LogP contribution in [0, 0.1) is 6.92 Å². The first-order valence-electron chi connectivity index (χ1n) is 8.14. The fourth-order valence-corrected chi connectivity index (χ4v) is 3.57. The van der Waals surface area contributed by atoms with E-state index in [2.05, 4.69) is 0 Å². The highest BCUT2D eigenvalue weighted by Gasteiger charge is 2.36. The summed E-state index contributed by atoms with van der Waals surface area (Å²) in [5.41, 5.74) is 0.300. The highest BCUT2D eigenvalue weighted by Crippen LogP contribution is 2.22. The van der Waals surface area contributed by atoms with Crippen LogP contribution in [0.3, 0.4) is 0 Å². The predicted molar refractivity (Wildman–Crippen MR) is 91.7 cm³/mol. The van der Waals surface area contributed by atoms with Gasteiger partial charge in [-0.2, -0.15) is 8.42 Å². The first kappa shape index (κ1) is 19.7. The Morgan fingerprint density at radius 1 is 1.24 bits per heavy atom. The molecule has 140 valence electrons. The van der Waals surface area contributed by atoms with Crippen molar-refractivity contribution in [1.82, 2.24) is 4.90 Å². The van der Waals surface area contributed by atoms with Crippen LogP contribution in [-0.4, -0.2) is 55.4 Å². The molecule has 1 N–H and O–H groups in total. The van der Waals surface area contributed by atoms with Crippen LogP contribution < -0.4 is 0 Å². The molecule has 0 bridgehead atoms. The summed E-state index contributed by atoms with van der Waals surface area (Å²) in [6, 6.07) is 6.29. The number of hydrogen-bond donors (Lipinski definition) is 1. The molecule has 1 aromatic carbocycles. The van der Waals surface area contributed by atoms with Gasteiger partial charge in [0.1, 0.15) is 11.7 Å². The minimum absolute atomic E-state index is 0.0387. The van der Waals surface area contributed by atoms with Gasteiger partial charge < -0.3 is 14.7 Å². The van der Waals surface area contributed by atoms with E-state index in [-0.39, 0.29) is 24.4 Å². The average Bonchev–Trinajstić information content (AvgIpc) is 2.48. The van der Waals surface area contributed by atoms with Crippen LogP contribution in [0.15, 0.2) is 29.2 Å². The number of β-amino-alcohol motifs (C(OH)–C–C–N with tert-alkyl or cyclic N) is 1. The molecule has 0 radical (unpaired) electrons. The number of amides is 1. The zero-order chi connectivity index (χ0) is 18.8. The zero-order valence-corrected chi connectivity index (χ0v) is 15.7. The van der Waals surface area contributed by atoms with Gasteiger partial charge in [-0.1, -0.05) is 17.7 Å². The molecule has 1 fully saturated rings. The molecule has 0 aliphatic carbocycles. The molecule has 0 aromatic heterocycles. The van der Waals surface area contributed by atoms with Gasteiger partial charge in [0.2, 0.25) is 0 Å². The third-order valence-electron chi connectivity index (χ3n) is 3.73. The fraction of sp³-hybridized carbons (Fsp3) is 0.588. The smallest absolute Gasteiger partial charge is 0.410 e. The maximum Gasteiger partial charge on any atom is 0.410 e. The quantitative estimate of drug-likeness (QED) is 0.818. The Bertz CT molecular complexity index is 708. The molecule has 0 spiro atoms. The molecule has 25 heavy (non-hydrogen) atoms. The van der Waals surface area contributed by atoms with Crippen molar-refractivity contribution in [2.45, 2.75) is 56.8 Å². The second-order valence-electron chi connectivity index (χ2n) is 7.18. The highest BCUT2D eigenvalue weighted by molar-refractivity contribution is 7.86. The first-order chi connectivity index (χ1) is 11.5. The lowest BCUT2D eigenvalue weighted by Gasteiger charge is -2.36. The molecular formula is C17H25NO6S. The molecule has 1 aliphatic rings. The lowest BCUT2D eigenvalue weighted by molar-refractivity contribution is -0.0354. The van der Waals surface area contributed by atoms with E-state index >= 15 is 0 Å². The van der Waals surface area contributed by atoms with Crippen molar-refractivity contribution in [2.75, 3.05) is 13.1 Å². The topological polar surface area (TPSA) is 93.1 Å². The van der Waals surface area contributed by atoms with Crippen LogP contribution in [0.2, 0.25) is 0 Å². The van der Waals surface area contributed by atoms with Crippen LogP contribution >= 0.6 is 0 Å². The van der Waals surface area contributed by atoms with Crippen molar-refractivity contribution in [3.63, 3.8) is 0 Å². The number of nitrogens with zero attached hydrogens (tertiary/aromatic N) is 1. The molecule has 1 saturated heterocycles. The van der Waals surface area contributed by atoms with Gasteiger partial charge in [-0.3, -0.25) is 4.18 Å². The largest absolute Gasteiger partial charge is 0.444 e. The molecule has 1 aliphatic heterocycles. The third kappa shape index (κ3) is 5.42. The second kappa shape index (κ2) is 7.31. The van der Waals surface area contributed by atoms with Crippen LogP contribution in [0.4, 0.5) is 4.79 Å². The summed E-state index contributed by atoms with van der Waals surface area (Å²) in [5, 5.41) is 10.2. The van der Waals surface area contributed by atoms with Crippen molar-refractivity contribution in [1.29, 1.82) is 0 Å². The number of aryl methyl sites for hydroxylation is 1. The van der Waals surface area contributed by atoms with Crippen molar-refractivity contribution >= 4 is 16.2 Å². The van der Waals surface area contributed by atoms with E-state index in [1.54, 1.807) is 32.9 Å². The Hall–Kier alpha value is -1.64. The van der Waals surface area contributed by atoms with Crippen LogP contribution in [0.25, 0.3) is 0 Å². The van der Waals surface area contributed by atoms with Gasteiger partial charge in [0, 0.05) is 6.54 Å². The van der Waals surface area contributed by atoms with E-state index in [1.807, 2.05) is 6.92 Å². The van der Waals surface area contributed by atoms with Gasteiger partial charge in [-0.25, -0.2) is 4.79 Å². The summed E-state index contributed by atoms with van der Waals surface area (Å²) in [5.74, 6) is 0. The Balaban J connectivity index is 1.99. The number of carbonyl (C=O) groups is 1. The summed E-state index contributed by atoms with van der Waals surface area (Å²) >= 11 is 0. The number of hydrogen-bond acceptors (Lipinski definition) is 6. The SMILES string of the molecule is Cc1ccc(S(=O)(=O)O[C@@H]2CCN(C(=O)OC(C)(C)C)C[C@@H]2O)cc1. The average molecular weight is 371 g/mol. The van der Waals surface area contributed by atoms with E-state index in [4.69, 9.17) is 8.92 Å². The number of rotatable bonds is 3. The monoisotopic (exact) mass is 371 g/mol. The van der Waals surface area contributed by atoms with Crippen LogP contribution in [-0.2, 0) is 19.0 Å². The standard InChI is InChI=1S/C17H25NO6S/c1-12-5-7-13(8-6-12)25(21,22)24-15-9-10-18(11-14(15)19)16(20)23-17(2,3)4/h5-8,14-15,19H,9-11H2,1-4H3/t14-,15+/m0/s1. The van der Waals surface area contributed by atoms with Gasteiger partial charge in [0.25, 0.3) is 10.1 Å². The Morgan fingerprint density at radius 3 is 2.36 bits per heavy atom. The van der Waals surface area contributed by atoms with Gasteiger partial charge in [-0.15, -0.1) is 0 Å². The van der Waals surface area contributed by atoms with E-state index in [0.717, 1.165) is 5.56 Å². The molecule has 0 unspecified atom stereocenters. The predicted octanol–water partition coefficient (Wildman–Crippen LogP) is 2.07. The summed E-state index contributed by atoms with van der Waals surface area (Å²) in [4.78, 5) is 13.4. The minimum atomic E-state index is -3.97. The summed E-state index contributed by atoms with van der Waals surface area (Å²) < 4.78 is 35.1. The molecular weight excluding hydrogens is 346 g/mol. The molecule has 1 aromatic rings. The molecule has 0 saturated carbocycles. The van der Waals surface area contributed by atoms with E-state index in [9.17, 15) is 18.3 Å². The molecule has 2 rings (SSSR count). The van der Waals surface area contributed by atoms with Crippen molar-refractivity contribution in [3.8, 4) is 0 Å². The van der Waals surface area contributed by atoms with Crippen molar-refractivity contribution < 1.29 is 27.2 Å². The van der Waals surface area contributed by atoms with Crippen molar-refractivity contribution in [3.05, 3.63) is 29.8 Å². The van der Waals surface area contributed by atoms with E-state index in [1.165, 1.54) is 17.0 Å². The minimum Gasteiger partial charge on any atom is -0.444 e. The third-order valence-corrected chi connectivity index (χ3v) is 5.08. The van der Waals surface area contributed by atoms with E-state index < -0.39 is 34.0 Å². The fourth-order valence-electron chi connectivity index (χ4n) is 2.44. The number of carbonyl (C=O) groups excluding carboxylic acids is 1. The summed E-state index contributed by atoms with van der Waals surface area (Å²) in [6.07, 6.45) is -2.34. The number of aliphatic hydroxyl groups is 1. The number of piperidine rings is 1. The molecule has 2 atom stereocenters. The van der Waals surface area contributed by atoms with Gasteiger partial charge in [0.15, 0.2) is 0 Å². The number of benzene rings is 1. The van der Waals surface area contributed by atoms with Gasteiger partial charge in [0.05, 0.1) is 17.5 Å². The maximum atomic E-state index is 12.3. The van der Waals surface area contributed by atoms with Gasteiger partial charge in [-0.05, 0) is 46.2 Å². The van der Waals surface area contributed by atoms with Crippen molar-refractivity contribution in [2.24, 2.45) is 0 Å². The Morgan fingerprint density at radius 2 is 1.84 bits per heavy atom. The number of aliphatic hydroxyl groups excluding tert-OH is 1. The maximum absolute atomic E-state index is 12.3. The van der Waals surface area contributed by atoms with Gasteiger partial charge >= 0.3 is 6.09 Å².